The predicted octanol–water partition coefficient (Wildman–Crippen LogP) is 5.90. The highest BCUT2D eigenvalue weighted by atomic mass is 79.9. The lowest BCUT2D eigenvalue weighted by Gasteiger charge is -2.15. The first-order valence-electron chi connectivity index (χ1n) is 7.38. The van der Waals surface area contributed by atoms with Gasteiger partial charge >= 0.3 is 0 Å². The maximum atomic E-state index is 3.87. The van der Waals surface area contributed by atoms with E-state index in [9.17, 15) is 0 Å². The lowest BCUT2D eigenvalue weighted by molar-refractivity contribution is 0.502. The molecule has 1 atom stereocenters. The molecule has 0 amide bonds. The second kappa shape index (κ2) is 6.75. The van der Waals surface area contributed by atoms with Crippen molar-refractivity contribution in [1.29, 1.82) is 0 Å². The third kappa shape index (κ3) is 4.12. The summed E-state index contributed by atoms with van der Waals surface area (Å²) in [5, 5.41) is 0. The zero-order valence-corrected chi connectivity index (χ0v) is 13.2. The van der Waals surface area contributed by atoms with E-state index in [1.807, 2.05) is 0 Å². The first-order valence-corrected chi connectivity index (χ1v) is 8.29. The van der Waals surface area contributed by atoms with Crippen LogP contribution >= 0.6 is 15.9 Å². The van der Waals surface area contributed by atoms with Crippen molar-refractivity contribution < 1.29 is 0 Å². The molecule has 18 heavy (non-hydrogen) atoms. The third-order valence-corrected chi connectivity index (χ3v) is 4.90. The van der Waals surface area contributed by atoms with E-state index in [1.54, 1.807) is 0 Å². The number of alkyl halides is 1. The van der Waals surface area contributed by atoms with Crippen molar-refractivity contribution in [2.24, 2.45) is 11.8 Å². The van der Waals surface area contributed by atoms with Gasteiger partial charge in [-0.05, 0) is 35.8 Å². The standard InChI is InChI=1S/C17H25Br/c1-13(2)11-15-7-9-16(10-8-15)17(18)12-14-5-3-4-6-14/h7-10,13-14,17H,3-6,11-12H2,1-2H3. The summed E-state index contributed by atoms with van der Waals surface area (Å²) in [6.07, 6.45) is 8.26. The average molecular weight is 309 g/mol. The van der Waals surface area contributed by atoms with Crippen molar-refractivity contribution in [3.8, 4) is 0 Å². The average Bonchev–Trinajstić information content (AvgIpc) is 2.82. The van der Waals surface area contributed by atoms with Crippen LogP contribution in [0.5, 0.6) is 0 Å². The van der Waals surface area contributed by atoms with E-state index in [4.69, 9.17) is 0 Å². The van der Waals surface area contributed by atoms with E-state index in [0.717, 1.165) is 11.8 Å². The number of hydrogen-bond donors (Lipinski definition) is 0. The van der Waals surface area contributed by atoms with E-state index >= 15 is 0 Å². The van der Waals surface area contributed by atoms with Crippen molar-refractivity contribution >= 4 is 15.9 Å². The van der Waals surface area contributed by atoms with Gasteiger partial charge in [-0.25, -0.2) is 0 Å². The summed E-state index contributed by atoms with van der Waals surface area (Å²) in [5.41, 5.74) is 2.92. The molecule has 1 aliphatic carbocycles. The van der Waals surface area contributed by atoms with E-state index < -0.39 is 0 Å². The molecule has 0 nitrogen and oxygen atoms in total. The SMILES string of the molecule is CC(C)Cc1ccc(C(Br)CC2CCCC2)cc1. The van der Waals surface area contributed by atoms with E-state index in [1.165, 1.54) is 49.7 Å². The second-order valence-corrected chi connectivity index (χ2v) is 7.30. The summed E-state index contributed by atoms with van der Waals surface area (Å²) in [4.78, 5) is 0.550. The van der Waals surface area contributed by atoms with Gasteiger partial charge in [0.05, 0.1) is 0 Å². The summed E-state index contributed by atoms with van der Waals surface area (Å²) >= 11 is 3.87. The molecule has 2 rings (SSSR count). The van der Waals surface area contributed by atoms with Gasteiger partial charge in [0.15, 0.2) is 0 Å². The van der Waals surface area contributed by atoms with Gasteiger partial charge in [-0.1, -0.05) is 79.7 Å². The number of halogens is 1. The highest BCUT2D eigenvalue weighted by Crippen LogP contribution is 2.37. The number of benzene rings is 1. The molecule has 0 aromatic heterocycles. The Morgan fingerprint density at radius 2 is 1.72 bits per heavy atom. The Kier molecular flexibility index (Phi) is 5.29. The summed E-state index contributed by atoms with van der Waals surface area (Å²) in [7, 11) is 0. The van der Waals surface area contributed by atoms with E-state index in [-0.39, 0.29) is 0 Å². The smallest absolute Gasteiger partial charge is 0.0397 e. The van der Waals surface area contributed by atoms with E-state index in [0.29, 0.717) is 4.83 Å². The zero-order valence-electron chi connectivity index (χ0n) is 11.7. The molecule has 0 N–H and O–H groups in total. The molecule has 1 aromatic rings. The highest BCUT2D eigenvalue weighted by molar-refractivity contribution is 9.09. The fourth-order valence-corrected chi connectivity index (χ4v) is 3.84. The first kappa shape index (κ1) is 14.1. The van der Waals surface area contributed by atoms with Gasteiger partial charge in [0.25, 0.3) is 0 Å². The Hall–Kier alpha value is -0.300. The molecule has 1 heteroatoms. The Morgan fingerprint density at radius 3 is 2.28 bits per heavy atom. The number of hydrogen-bond acceptors (Lipinski definition) is 0. The quantitative estimate of drug-likeness (QED) is 0.594. The van der Waals surface area contributed by atoms with Crippen LogP contribution in [0.15, 0.2) is 24.3 Å². The fourth-order valence-electron chi connectivity index (χ4n) is 3.01. The van der Waals surface area contributed by atoms with Gasteiger partial charge in [-0.3, -0.25) is 0 Å². The van der Waals surface area contributed by atoms with Crippen LogP contribution in [0.3, 0.4) is 0 Å². The third-order valence-electron chi connectivity index (χ3n) is 4.00. The van der Waals surface area contributed by atoms with Crippen molar-refractivity contribution in [3.05, 3.63) is 35.4 Å². The molecule has 0 spiro atoms. The summed E-state index contributed by atoms with van der Waals surface area (Å²) in [6.45, 7) is 4.56. The monoisotopic (exact) mass is 308 g/mol. The molecule has 1 saturated carbocycles. The second-order valence-electron chi connectivity index (χ2n) is 6.19. The minimum Gasteiger partial charge on any atom is -0.0839 e. The predicted molar refractivity (Wildman–Crippen MR) is 83.2 cm³/mol. The Morgan fingerprint density at radius 1 is 1.11 bits per heavy atom. The Bertz CT molecular complexity index is 346. The molecule has 0 saturated heterocycles. The Labute approximate surface area is 120 Å². The zero-order chi connectivity index (χ0) is 13.0. The molecule has 1 unspecified atom stereocenters. The maximum Gasteiger partial charge on any atom is 0.0397 e. The largest absolute Gasteiger partial charge is 0.0839 e. The van der Waals surface area contributed by atoms with Crippen molar-refractivity contribution in [2.45, 2.75) is 57.2 Å². The highest BCUT2D eigenvalue weighted by Gasteiger charge is 2.19. The molecule has 0 bridgehead atoms. The van der Waals surface area contributed by atoms with Crippen molar-refractivity contribution in [3.63, 3.8) is 0 Å². The van der Waals surface area contributed by atoms with Crippen molar-refractivity contribution in [1.82, 2.24) is 0 Å². The first-order chi connectivity index (χ1) is 8.65. The van der Waals surface area contributed by atoms with E-state index in [2.05, 4.69) is 54.0 Å². The van der Waals surface area contributed by atoms with Crippen LogP contribution in [0.1, 0.15) is 61.9 Å². The summed E-state index contributed by atoms with van der Waals surface area (Å²) in [6, 6.07) is 9.23. The molecule has 100 valence electrons. The maximum absolute atomic E-state index is 3.87. The van der Waals surface area contributed by atoms with Gasteiger partial charge in [0.2, 0.25) is 0 Å². The molecule has 0 aliphatic heterocycles. The van der Waals surface area contributed by atoms with Gasteiger partial charge in [-0.15, -0.1) is 0 Å². The van der Waals surface area contributed by atoms with Crippen LogP contribution in [0.4, 0.5) is 0 Å². The number of rotatable bonds is 5. The molecule has 1 fully saturated rings. The molecular formula is C17H25Br. The fraction of sp³-hybridized carbons (Fsp3) is 0.647. The van der Waals surface area contributed by atoms with Gasteiger partial charge < -0.3 is 0 Å². The van der Waals surface area contributed by atoms with Gasteiger partial charge in [0, 0.05) is 4.83 Å². The topological polar surface area (TPSA) is 0 Å². The van der Waals surface area contributed by atoms with Crippen LogP contribution in [-0.2, 0) is 6.42 Å². The van der Waals surface area contributed by atoms with Gasteiger partial charge in [0.1, 0.15) is 0 Å². The lowest BCUT2D eigenvalue weighted by Crippen LogP contribution is -2.00. The molecule has 1 aromatic carbocycles. The molecular weight excluding hydrogens is 284 g/mol. The summed E-state index contributed by atoms with van der Waals surface area (Å²) in [5.74, 6) is 1.69. The molecule has 1 aliphatic rings. The van der Waals surface area contributed by atoms with Crippen LogP contribution in [-0.4, -0.2) is 0 Å². The summed E-state index contributed by atoms with van der Waals surface area (Å²) < 4.78 is 0. The van der Waals surface area contributed by atoms with Crippen LogP contribution in [0, 0.1) is 11.8 Å². The lowest BCUT2D eigenvalue weighted by atomic mass is 9.96. The molecule has 0 heterocycles. The minimum atomic E-state index is 0.550. The van der Waals surface area contributed by atoms with Crippen LogP contribution < -0.4 is 0 Å². The van der Waals surface area contributed by atoms with Gasteiger partial charge in [-0.2, -0.15) is 0 Å². The Balaban J connectivity index is 1.91. The van der Waals surface area contributed by atoms with Crippen LogP contribution in [0.2, 0.25) is 0 Å². The molecule has 0 radical (unpaired) electrons. The normalized spacial score (nSPS) is 18.4. The van der Waals surface area contributed by atoms with Crippen molar-refractivity contribution in [2.75, 3.05) is 0 Å². The van der Waals surface area contributed by atoms with Crippen LogP contribution in [0.25, 0.3) is 0 Å². The minimum absolute atomic E-state index is 0.550.